The molecule has 0 aromatic heterocycles. The minimum atomic E-state index is -5.03. The number of fused-ring (bicyclic) bond motifs is 3. The van der Waals surface area contributed by atoms with E-state index in [4.69, 9.17) is 14.2 Å². The molecule has 0 bridgehead atoms. The number of rotatable bonds is 16. The lowest BCUT2D eigenvalue weighted by atomic mass is 9.96. The number of amides is 4. The van der Waals surface area contributed by atoms with E-state index in [2.05, 4.69) is 21.3 Å². The van der Waals surface area contributed by atoms with Crippen LogP contribution in [-0.2, 0) is 19.1 Å². The van der Waals surface area contributed by atoms with E-state index >= 15 is 0 Å². The van der Waals surface area contributed by atoms with Gasteiger partial charge < -0.3 is 40.6 Å². The van der Waals surface area contributed by atoms with Crippen LogP contribution in [0, 0.1) is 5.92 Å². The monoisotopic (exact) mass is 784 g/mol. The Balaban J connectivity index is 1.53. The molecule has 0 heterocycles. The summed E-state index contributed by atoms with van der Waals surface area (Å²) in [6, 6.07) is 17.0. The highest BCUT2D eigenvalue weighted by Crippen LogP contribution is 2.44. The second-order valence-corrected chi connectivity index (χ2v) is 14.9. The fourth-order valence-corrected chi connectivity index (χ4v) is 6.43. The van der Waals surface area contributed by atoms with Crippen LogP contribution in [0.15, 0.2) is 72.8 Å². The normalized spacial score (nSPS) is 14.7. The number of hydrogen-bond donors (Lipinski definition) is 5. The average molecular weight is 785 g/mol. The van der Waals surface area contributed by atoms with Gasteiger partial charge >= 0.3 is 18.4 Å². The lowest BCUT2D eigenvalue weighted by Crippen LogP contribution is -2.56. The molecule has 0 aliphatic heterocycles. The maximum Gasteiger partial charge on any atom is 0.416 e. The third-order valence-corrected chi connectivity index (χ3v) is 9.24. The van der Waals surface area contributed by atoms with Gasteiger partial charge in [0.25, 0.3) is 0 Å². The van der Waals surface area contributed by atoms with Gasteiger partial charge in [0, 0.05) is 12.5 Å². The number of alkyl carbamates (subject to hydrolysis) is 2. The van der Waals surface area contributed by atoms with Gasteiger partial charge in [-0.05, 0) is 85.9 Å². The molecule has 3 aromatic rings. The zero-order valence-electron chi connectivity index (χ0n) is 32.4. The Labute approximate surface area is 324 Å². The smallest absolute Gasteiger partial charge is 0.416 e. The summed E-state index contributed by atoms with van der Waals surface area (Å²) >= 11 is 0. The molecule has 0 saturated carbocycles. The van der Waals surface area contributed by atoms with E-state index in [1.807, 2.05) is 48.5 Å². The van der Waals surface area contributed by atoms with Crippen molar-refractivity contribution in [2.45, 2.75) is 95.8 Å². The predicted molar refractivity (Wildman–Crippen MR) is 203 cm³/mol. The Morgan fingerprint density at radius 3 is 1.91 bits per heavy atom. The predicted octanol–water partition coefficient (Wildman–Crippen LogP) is 6.52. The lowest BCUT2D eigenvalue weighted by molar-refractivity contribution is -0.215. The second-order valence-electron chi connectivity index (χ2n) is 14.9. The molecule has 56 heavy (non-hydrogen) atoms. The lowest BCUT2D eigenvalue weighted by Gasteiger charge is -2.31. The molecule has 0 spiro atoms. The summed E-state index contributed by atoms with van der Waals surface area (Å²) in [5.41, 5.74) is 3.52. The number of ether oxygens (including phenoxy) is 3. The van der Waals surface area contributed by atoms with Gasteiger partial charge in [0.15, 0.2) is 6.10 Å². The molecule has 0 unspecified atom stereocenters. The van der Waals surface area contributed by atoms with E-state index < -0.39 is 65.9 Å². The molecule has 0 fully saturated rings. The summed E-state index contributed by atoms with van der Waals surface area (Å²) < 4.78 is 56.9. The number of carbonyl (C=O) groups excluding carboxylic acids is 4. The Morgan fingerprint density at radius 1 is 0.786 bits per heavy atom. The van der Waals surface area contributed by atoms with Gasteiger partial charge in [0.2, 0.25) is 11.8 Å². The molecule has 1 aliphatic carbocycles. The number of alkyl halides is 3. The van der Waals surface area contributed by atoms with Crippen LogP contribution < -0.4 is 26.0 Å². The summed E-state index contributed by atoms with van der Waals surface area (Å²) in [6.07, 6.45) is -8.71. The Morgan fingerprint density at radius 2 is 1.38 bits per heavy atom. The number of nitrogens with one attached hydrogen (secondary N) is 4. The number of aliphatic hydroxyl groups excluding tert-OH is 1. The van der Waals surface area contributed by atoms with Crippen molar-refractivity contribution in [1.82, 2.24) is 21.3 Å². The van der Waals surface area contributed by atoms with Crippen molar-refractivity contribution >= 4 is 24.0 Å². The van der Waals surface area contributed by atoms with Crippen LogP contribution in [-0.4, -0.2) is 79.3 Å². The van der Waals surface area contributed by atoms with Crippen molar-refractivity contribution in [2.75, 3.05) is 20.3 Å². The van der Waals surface area contributed by atoms with Crippen LogP contribution in [0.3, 0.4) is 0 Å². The fraction of sp³-hybridized carbons (Fsp3) is 0.463. The maximum atomic E-state index is 14.0. The van der Waals surface area contributed by atoms with E-state index in [9.17, 15) is 37.5 Å². The highest BCUT2D eigenvalue weighted by atomic mass is 19.4. The zero-order chi connectivity index (χ0) is 41.2. The molecular formula is C41H51F3N4O8. The number of aliphatic hydroxyl groups is 1. The molecule has 15 heteroatoms. The van der Waals surface area contributed by atoms with Gasteiger partial charge in [-0.15, -0.1) is 0 Å². The van der Waals surface area contributed by atoms with Gasteiger partial charge in [-0.3, -0.25) is 9.59 Å². The van der Waals surface area contributed by atoms with E-state index in [-0.39, 0.29) is 31.1 Å². The number of carbonyl (C=O) groups is 4. The van der Waals surface area contributed by atoms with Crippen molar-refractivity contribution in [1.29, 1.82) is 0 Å². The highest BCUT2D eigenvalue weighted by Gasteiger charge is 2.46. The molecule has 12 nitrogen and oxygen atoms in total. The topological polar surface area (TPSA) is 164 Å². The number of hydrogen-bond acceptors (Lipinski definition) is 8. The van der Waals surface area contributed by atoms with Crippen molar-refractivity contribution in [3.8, 4) is 16.9 Å². The molecule has 1 aliphatic rings. The first kappa shape index (κ1) is 43.4. The molecular weight excluding hydrogens is 733 g/mol. The maximum absolute atomic E-state index is 14.0. The molecule has 3 aromatic carbocycles. The van der Waals surface area contributed by atoms with E-state index in [1.54, 1.807) is 20.8 Å². The summed E-state index contributed by atoms with van der Waals surface area (Å²) in [6.45, 7) is 8.16. The number of halogens is 3. The first-order valence-corrected chi connectivity index (χ1v) is 18.5. The molecule has 5 N–H and O–H groups in total. The third kappa shape index (κ3) is 11.8. The molecule has 0 saturated heterocycles. The Kier molecular flexibility index (Phi) is 14.8. The number of methoxy groups -OCH3 is 1. The SMILES string of the molecule is COc1ccc([C@H](NC(=O)[C@H](CCCCNC(=O)OC(C)(C)C)NC(=O)OCC2c3ccccc3-c3ccccc32)C(=O)N[C@@H](C(C)C)[C@H](O)C(F)(F)F)cc1. The first-order valence-electron chi connectivity index (χ1n) is 18.5. The minimum Gasteiger partial charge on any atom is -0.497 e. The molecule has 4 amide bonds. The highest BCUT2D eigenvalue weighted by molar-refractivity contribution is 5.92. The number of unbranched alkanes of at least 4 members (excludes halogenated alkanes) is 1. The van der Waals surface area contributed by atoms with Crippen LogP contribution in [0.1, 0.15) is 82.5 Å². The van der Waals surface area contributed by atoms with Crippen LogP contribution in [0.4, 0.5) is 22.8 Å². The van der Waals surface area contributed by atoms with Crippen molar-refractivity contribution in [3.05, 3.63) is 89.5 Å². The quantitative estimate of drug-likeness (QED) is 0.103. The summed E-state index contributed by atoms with van der Waals surface area (Å²) in [4.78, 5) is 53.3. The van der Waals surface area contributed by atoms with Gasteiger partial charge in [0.05, 0.1) is 13.2 Å². The van der Waals surface area contributed by atoms with Gasteiger partial charge in [0.1, 0.15) is 30.0 Å². The van der Waals surface area contributed by atoms with Crippen molar-refractivity contribution < 1.29 is 51.7 Å². The first-order chi connectivity index (χ1) is 26.4. The van der Waals surface area contributed by atoms with Crippen molar-refractivity contribution in [3.63, 3.8) is 0 Å². The minimum absolute atomic E-state index is 0.0321. The molecule has 4 rings (SSSR count). The average Bonchev–Trinajstić information content (AvgIpc) is 3.46. The van der Waals surface area contributed by atoms with E-state index in [1.165, 1.54) is 45.2 Å². The Hall–Kier alpha value is -5.31. The molecule has 304 valence electrons. The largest absolute Gasteiger partial charge is 0.497 e. The van der Waals surface area contributed by atoms with E-state index in [0.717, 1.165) is 22.3 Å². The van der Waals surface area contributed by atoms with Crippen molar-refractivity contribution in [2.24, 2.45) is 5.92 Å². The van der Waals surface area contributed by atoms with Gasteiger partial charge in [-0.1, -0.05) is 74.5 Å². The van der Waals surface area contributed by atoms with Crippen LogP contribution in [0.2, 0.25) is 0 Å². The summed E-state index contributed by atoms with van der Waals surface area (Å²) in [7, 11) is 1.43. The summed E-state index contributed by atoms with van der Waals surface area (Å²) in [5, 5.41) is 20.2. The third-order valence-electron chi connectivity index (χ3n) is 9.24. The van der Waals surface area contributed by atoms with E-state index in [0.29, 0.717) is 18.6 Å². The van der Waals surface area contributed by atoms with Crippen LogP contribution in [0.25, 0.3) is 11.1 Å². The Bertz CT molecular complexity index is 1770. The fourth-order valence-electron chi connectivity index (χ4n) is 6.43. The zero-order valence-corrected chi connectivity index (χ0v) is 32.4. The van der Waals surface area contributed by atoms with Crippen LogP contribution >= 0.6 is 0 Å². The standard InChI is InChI=1S/C41H51F3N4O8/c1-24(2)33(35(49)41(42,43)44)47-37(51)34(25-18-20-26(54-6)21-19-25)48-36(50)32(17-11-12-22-45-38(52)56-40(3,4)5)46-39(53)55-23-31-29-15-9-7-13-27(29)28-14-8-10-16-30(28)31/h7-10,13-16,18-21,24,31-35,49H,11-12,17,22-23H2,1-6H3,(H,45,52)(H,46,53)(H,47,51)(H,48,50)/t32-,33-,34-,35-/m0/s1. The number of benzene rings is 3. The van der Waals surface area contributed by atoms with Crippen LogP contribution in [0.5, 0.6) is 5.75 Å². The molecule has 4 atom stereocenters. The molecule has 0 radical (unpaired) electrons. The summed E-state index contributed by atoms with van der Waals surface area (Å²) in [5.74, 6) is -2.54. The van der Waals surface area contributed by atoms with Gasteiger partial charge in [-0.25, -0.2) is 9.59 Å². The second kappa shape index (κ2) is 19.0. The van der Waals surface area contributed by atoms with Gasteiger partial charge in [-0.2, -0.15) is 13.2 Å².